The van der Waals surface area contributed by atoms with Gasteiger partial charge >= 0.3 is 0 Å². The van der Waals surface area contributed by atoms with Crippen molar-refractivity contribution in [3.63, 3.8) is 0 Å². The van der Waals surface area contributed by atoms with Crippen LogP contribution in [0.2, 0.25) is 0 Å². The Morgan fingerprint density at radius 2 is 2.05 bits per heavy atom. The first-order chi connectivity index (χ1) is 10.2. The second kappa shape index (κ2) is 6.87. The zero-order valence-electron chi connectivity index (χ0n) is 12.1. The van der Waals surface area contributed by atoms with Gasteiger partial charge in [0.15, 0.2) is 0 Å². The Hall–Kier alpha value is -2.38. The number of nitrogens with one attached hydrogen (secondary N) is 1. The molecular formula is C17H17FN2O. The minimum Gasteiger partial charge on any atom is -0.496 e. The molecule has 2 aromatic carbocycles. The summed E-state index contributed by atoms with van der Waals surface area (Å²) in [4.78, 5) is 0. The molecule has 3 nitrogen and oxygen atoms in total. The third kappa shape index (κ3) is 3.39. The van der Waals surface area contributed by atoms with Crippen molar-refractivity contribution in [1.82, 2.24) is 5.32 Å². The van der Waals surface area contributed by atoms with E-state index in [0.29, 0.717) is 34.5 Å². The van der Waals surface area contributed by atoms with Crippen LogP contribution < -0.4 is 10.1 Å². The number of nitrogens with zero attached hydrogens (tertiary/aromatic N) is 1. The standard InChI is InChI=1S/C17H17FN2O/c1-3-20-11-14-6-5-13(9-16(14)18)15-8-12(10-19)4-7-17(15)21-2/h4-9,20H,3,11H2,1-2H3. The molecule has 0 unspecified atom stereocenters. The zero-order chi connectivity index (χ0) is 15.2. The quantitative estimate of drug-likeness (QED) is 0.914. The third-order valence-corrected chi connectivity index (χ3v) is 3.26. The fourth-order valence-corrected chi connectivity index (χ4v) is 2.12. The van der Waals surface area contributed by atoms with Gasteiger partial charge in [-0.3, -0.25) is 0 Å². The van der Waals surface area contributed by atoms with Gasteiger partial charge in [-0.1, -0.05) is 19.1 Å². The molecule has 0 radical (unpaired) electrons. The monoisotopic (exact) mass is 284 g/mol. The highest BCUT2D eigenvalue weighted by molar-refractivity contribution is 5.72. The van der Waals surface area contributed by atoms with Crippen LogP contribution in [0.5, 0.6) is 5.75 Å². The Kier molecular flexibility index (Phi) is 4.91. The number of ether oxygens (including phenoxy) is 1. The largest absolute Gasteiger partial charge is 0.496 e. The van der Waals surface area contributed by atoms with Crippen molar-refractivity contribution < 1.29 is 9.13 Å². The summed E-state index contributed by atoms with van der Waals surface area (Å²) < 4.78 is 19.4. The summed E-state index contributed by atoms with van der Waals surface area (Å²) in [6.07, 6.45) is 0. The average Bonchev–Trinajstić information content (AvgIpc) is 2.53. The van der Waals surface area contributed by atoms with Crippen LogP contribution in [0, 0.1) is 17.1 Å². The van der Waals surface area contributed by atoms with Crippen molar-refractivity contribution in [3.8, 4) is 22.9 Å². The predicted molar refractivity (Wildman–Crippen MR) is 80.5 cm³/mol. The van der Waals surface area contributed by atoms with Gasteiger partial charge in [0.2, 0.25) is 0 Å². The lowest BCUT2D eigenvalue weighted by Gasteiger charge is -2.11. The molecule has 0 aliphatic rings. The van der Waals surface area contributed by atoms with Crippen molar-refractivity contribution in [2.45, 2.75) is 13.5 Å². The Balaban J connectivity index is 2.42. The highest BCUT2D eigenvalue weighted by atomic mass is 19.1. The van der Waals surface area contributed by atoms with Crippen LogP contribution in [0.25, 0.3) is 11.1 Å². The molecule has 0 heterocycles. The van der Waals surface area contributed by atoms with E-state index in [-0.39, 0.29) is 5.82 Å². The van der Waals surface area contributed by atoms with Gasteiger partial charge in [-0.15, -0.1) is 0 Å². The number of hydrogen-bond acceptors (Lipinski definition) is 3. The highest BCUT2D eigenvalue weighted by Gasteiger charge is 2.10. The molecule has 2 rings (SSSR count). The van der Waals surface area contributed by atoms with Gasteiger partial charge in [-0.25, -0.2) is 4.39 Å². The van der Waals surface area contributed by atoms with Crippen LogP contribution in [0.3, 0.4) is 0 Å². The first-order valence-electron chi connectivity index (χ1n) is 6.77. The predicted octanol–water partition coefficient (Wildman–Crippen LogP) is 3.48. The summed E-state index contributed by atoms with van der Waals surface area (Å²) in [6.45, 7) is 3.27. The van der Waals surface area contributed by atoms with Crippen LogP contribution in [-0.4, -0.2) is 13.7 Å². The lowest BCUT2D eigenvalue weighted by molar-refractivity contribution is 0.416. The Labute approximate surface area is 124 Å². The van der Waals surface area contributed by atoms with Crippen molar-refractivity contribution in [1.29, 1.82) is 5.26 Å². The summed E-state index contributed by atoms with van der Waals surface area (Å²) in [5.41, 5.74) is 2.55. The molecule has 0 amide bonds. The summed E-state index contributed by atoms with van der Waals surface area (Å²) in [6, 6.07) is 12.3. The summed E-state index contributed by atoms with van der Waals surface area (Å²) in [7, 11) is 1.56. The fourth-order valence-electron chi connectivity index (χ4n) is 2.12. The molecule has 0 bridgehead atoms. The van der Waals surface area contributed by atoms with Gasteiger partial charge in [0.25, 0.3) is 0 Å². The maximum atomic E-state index is 14.1. The lowest BCUT2D eigenvalue weighted by Crippen LogP contribution is -2.12. The SMILES string of the molecule is CCNCc1ccc(-c2cc(C#N)ccc2OC)cc1F. The summed E-state index contributed by atoms with van der Waals surface area (Å²) in [5, 5.41) is 12.1. The molecule has 108 valence electrons. The Morgan fingerprint density at radius 1 is 1.24 bits per heavy atom. The number of methoxy groups -OCH3 is 1. The van der Waals surface area contributed by atoms with Crippen molar-refractivity contribution in [2.24, 2.45) is 0 Å². The van der Waals surface area contributed by atoms with Crippen LogP contribution in [0.4, 0.5) is 4.39 Å². The van der Waals surface area contributed by atoms with E-state index in [4.69, 9.17) is 10.00 Å². The molecule has 2 aromatic rings. The molecule has 0 saturated heterocycles. The molecule has 0 fully saturated rings. The van der Waals surface area contributed by atoms with Gasteiger partial charge in [-0.05, 0) is 36.4 Å². The second-order valence-corrected chi connectivity index (χ2v) is 4.61. The maximum Gasteiger partial charge on any atom is 0.128 e. The fraction of sp³-hybridized carbons (Fsp3) is 0.235. The van der Waals surface area contributed by atoms with E-state index < -0.39 is 0 Å². The maximum absolute atomic E-state index is 14.1. The van der Waals surface area contributed by atoms with E-state index in [1.165, 1.54) is 6.07 Å². The number of halogens is 1. The van der Waals surface area contributed by atoms with E-state index in [0.717, 1.165) is 6.54 Å². The molecule has 21 heavy (non-hydrogen) atoms. The minimum absolute atomic E-state index is 0.266. The Morgan fingerprint density at radius 3 is 2.67 bits per heavy atom. The van der Waals surface area contributed by atoms with Crippen LogP contribution >= 0.6 is 0 Å². The highest BCUT2D eigenvalue weighted by Crippen LogP contribution is 2.31. The molecule has 0 saturated carbocycles. The van der Waals surface area contributed by atoms with Crippen molar-refractivity contribution >= 4 is 0 Å². The first-order valence-corrected chi connectivity index (χ1v) is 6.77. The molecule has 0 atom stereocenters. The molecule has 1 N–H and O–H groups in total. The molecule has 0 aliphatic heterocycles. The summed E-state index contributed by atoms with van der Waals surface area (Å²) in [5.74, 6) is 0.352. The lowest BCUT2D eigenvalue weighted by atomic mass is 10.0. The van der Waals surface area contributed by atoms with Gasteiger partial charge < -0.3 is 10.1 Å². The van der Waals surface area contributed by atoms with Gasteiger partial charge in [0.1, 0.15) is 11.6 Å². The molecular weight excluding hydrogens is 267 g/mol. The zero-order valence-corrected chi connectivity index (χ0v) is 12.1. The van der Waals surface area contributed by atoms with Crippen LogP contribution in [-0.2, 0) is 6.54 Å². The normalized spacial score (nSPS) is 10.2. The molecule has 0 aliphatic carbocycles. The second-order valence-electron chi connectivity index (χ2n) is 4.61. The number of hydrogen-bond donors (Lipinski definition) is 1. The summed E-state index contributed by atoms with van der Waals surface area (Å²) >= 11 is 0. The Bertz CT molecular complexity index is 677. The topological polar surface area (TPSA) is 45.0 Å². The third-order valence-electron chi connectivity index (χ3n) is 3.26. The van der Waals surface area contributed by atoms with Crippen LogP contribution in [0.1, 0.15) is 18.1 Å². The first kappa shape index (κ1) is 15.0. The number of nitriles is 1. The van der Waals surface area contributed by atoms with Gasteiger partial charge in [-0.2, -0.15) is 5.26 Å². The number of benzene rings is 2. The van der Waals surface area contributed by atoms with Crippen LogP contribution in [0.15, 0.2) is 36.4 Å². The molecule has 0 aromatic heterocycles. The van der Waals surface area contributed by atoms with Gasteiger partial charge in [0.05, 0.1) is 18.7 Å². The van der Waals surface area contributed by atoms with Crippen molar-refractivity contribution in [3.05, 3.63) is 53.3 Å². The van der Waals surface area contributed by atoms with E-state index in [9.17, 15) is 4.39 Å². The van der Waals surface area contributed by atoms with Crippen molar-refractivity contribution in [2.75, 3.05) is 13.7 Å². The van der Waals surface area contributed by atoms with E-state index in [2.05, 4.69) is 11.4 Å². The average molecular weight is 284 g/mol. The van der Waals surface area contributed by atoms with E-state index in [1.807, 2.05) is 13.0 Å². The van der Waals surface area contributed by atoms with E-state index >= 15 is 0 Å². The minimum atomic E-state index is -0.266. The molecule has 0 spiro atoms. The smallest absolute Gasteiger partial charge is 0.128 e. The van der Waals surface area contributed by atoms with Gasteiger partial charge in [0, 0.05) is 17.7 Å². The number of rotatable bonds is 5. The molecule has 4 heteroatoms. The van der Waals surface area contributed by atoms with E-state index in [1.54, 1.807) is 31.4 Å².